The zero-order chi connectivity index (χ0) is 12.3. The van der Waals surface area contributed by atoms with E-state index < -0.39 is 0 Å². The number of nitrogens with two attached hydrogens (primary N) is 1. The van der Waals surface area contributed by atoms with Gasteiger partial charge in [0.25, 0.3) is 0 Å². The Morgan fingerprint density at radius 2 is 1.88 bits per heavy atom. The fraction of sp³-hybridized carbons (Fsp3) is 0. The summed E-state index contributed by atoms with van der Waals surface area (Å²) in [5.74, 6) is 6.23. The average molecular weight is 270 g/mol. The average Bonchev–Trinajstić information content (AvgIpc) is 2.33. The van der Waals surface area contributed by atoms with Gasteiger partial charge < -0.3 is 10.7 Å². The number of hydrogen-bond donors (Lipinski definition) is 3. The largest absolute Gasteiger partial charge is 0.338 e. The Kier molecular flexibility index (Phi) is 3.63. The number of nitrogen functional groups attached to an aromatic ring is 1. The molecule has 1 aromatic carbocycles. The van der Waals surface area contributed by atoms with Crippen LogP contribution in [0.25, 0.3) is 0 Å². The SMILES string of the molecule is NNc1cncc(Nc2ccc(Cl)cc2Cl)n1. The van der Waals surface area contributed by atoms with E-state index in [9.17, 15) is 0 Å². The van der Waals surface area contributed by atoms with E-state index in [2.05, 4.69) is 20.7 Å². The van der Waals surface area contributed by atoms with Gasteiger partial charge in [0, 0.05) is 5.02 Å². The monoisotopic (exact) mass is 269 g/mol. The first-order valence-electron chi connectivity index (χ1n) is 4.70. The molecule has 0 saturated carbocycles. The van der Waals surface area contributed by atoms with Crippen LogP contribution in [0.4, 0.5) is 17.3 Å². The van der Waals surface area contributed by atoms with Gasteiger partial charge in [0.1, 0.15) is 0 Å². The molecule has 88 valence electrons. The number of aromatic nitrogens is 2. The molecule has 2 aromatic rings. The Bertz CT molecular complexity index is 532. The zero-order valence-electron chi connectivity index (χ0n) is 8.61. The number of nitrogens with zero attached hydrogens (tertiary/aromatic N) is 2. The number of nitrogens with one attached hydrogen (secondary N) is 2. The number of hydrazine groups is 1. The van der Waals surface area contributed by atoms with Gasteiger partial charge in [-0.25, -0.2) is 10.8 Å². The highest BCUT2D eigenvalue weighted by molar-refractivity contribution is 6.36. The predicted molar refractivity (Wildman–Crippen MR) is 69.6 cm³/mol. The molecule has 0 aliphatic carbocycles. The quantitative estimate of drug-likeness (QED) is 0.590. The second-order valence-electron chi connectivity index (χ2n) is 3.18. The highest BCUT2D eigenvalue weighted by Gasteiger charge is 2.03. The molecule has 0 aliphatic heterocycles. The first kappa shape index (κ1) is 11.9. The van der Waals surface area contributed by atoms with Gasteiger partial charge in [-0.3, -0.25) is 4.98 Å². The lowest BCUT2D eigenvalue weighted by molar-refractivity contribution is 1.16. The van der Waals surface area contributed by atoms with Crippen molar-refractivity contribution in [2.75, 3.05) is 10.7 Å². The molecule has 1 heterocycles. The maximum Gasteiger partial charge on any atom is 0.160 e. The van der Waals surface area contributed by atoms with E-state index in [0.717, 1.165) is 0 Å². The van der Waals surface area contributed by atoms with E-state index >= 15 is 0 Å². The van der Waals surface area contributed by atoms with Gasteiger partial charge in [-0.1, -0.05) is 23.2 Å². The van der Waals surface area contributed by atoms with Gasteiger partial charge in [-0.05, 0) is 18.2 Å². The first-order chi connectivity index (χ1) is 8.19. The number of benzene rings is 1. The van der Waals surface area contributed by atoms with Crippen LogP contribution in [0.2, 0.25) is 10.0 Å². The third kappa shape index (κ3) is 2.97. The molecular weight excluding hydrogens is 261 g/mol. The van der Waals surface area contributed by atoms with Crippen LogP contribution in [0.1, 0.15) is 0 Å². The van der Waals surface area contributed by atoms with Crippen LogP contribution in [0.3, 0.4) is 0 Å². The molecule has 0 unspecified atom stereocenters. The molecule has 1 aromatic heterocycles. The van der Waals surface area contributed by atoms with Crippen LogP contribution in [0.5, 0.6) is 0 Å². The Hall–Kier alpha value is -1.56. The smallest absolute Gasteiger partial charge is 0.160 e. The Labute approximate surface area is 108 Å². The minimum Gasteiger partial charge on any atom is -0.338 e. The Balaban J connectivity index is 2.25. The maximum absolute atomic E-state index is 6.02. The summed E-state index contributed by atoms with van der Waals surface area (Å²) >= 11 is 11.8. The summed E-state index contributed by atoms with van der Waals surface area (Å²) in [6.07, 6.45) is 3.07. The molecule has 0 saturated heterocycles. The minimum absolute atomic E-state index is 0.458. The second kappa shape index (κ2) is 5.18. The van der Waals surface area contributed by atoms with E-state index in [-0.39, 0.29) is 0 Å². The highest BCUT2D eigenvalue weighted by atomic mass is 35.5. The Morgan fingerprint density at radius 3 is 2.59 bits per heavy atom. The lowest BCUT2D eigenvalue weighted by Gasteiger charge is -2.08. The molecule has 0 aliphatic rings. The molecule has 7 heteroatoms. The van der Waals surface area contributed by atoms with Gasteiger partial charge in [0.05, 0.1) is 23.1 Å². The number of halogens is 2. The van der Waals surface area contributed by atoms with Gasteiger partial charge >= 0.3 is 0 Å². The maximum atomic E-state index is 6.02. The van der Waals surface area contributed by atoms with Gasteiger partial charge in [-0.15, -0.1) is 0 Å². The molecule has 4 N–H and O–H groups in total. The lowest BCUT2D eigenvalue weighted by atomic mass is 10.3. The van der Waals surface area contributed by atoms with Crippen molar-refractivity contribution in [3.8, 4) is 0 Å². The normalized spacial score (nSPS) is 10.1. The lowest BCUT2D eigenvalue weighted by Crippen LogP contribution is -2.09. The Morgan fingerprint density at radius 1 is 1.12 bits per heavy atom. The van der Waals surface area contributed by atoms with E-state index in [1.54, 1.807) is 24.4 Å². The van der Waals surface area contributed by atoms with E-state index in [1.165, 1.54) is 6.20 Å². The van der Waals surface area contributed by atoms with Crippen molar-refractivity contribution in [3.05, 3.63) is 40.6 Å². The summed E-state index contributed by atoms with van der Waals surface area (Å²) in [6, 6.07) is 5.13. The van der Waals surface area contributed by atoms with Gasteiger partial charge in [0.2, 0.25) is 0 Å². The minimum atomic E-state index is 0.458. The van der Waals surface area contributed by atoms with Crippen molar-refractivity contribution in [3.63, 3.8) is 0 Å². The van der Waals surface area contributed by atoms with E-state index in [1.807, 2.05) is 0 Å². The van der Waals surface area contributed by atoms with E-state index in [4.69, 9.17) is 29.0 Å². The van der Waals surface area contributed by atoms with Crippen molar-refractivity contribution >= 4 is 40.5 Å². The third-order valence-corrected chi connectivity index (χ3v) is 2.52. The van der Waals surface area contributed by atoms with E-state index in [0.29, 0.717) is 27.4 Å². The third-order valence-electron chi connectivity index (χ3n) is 1.98. The molecule has 0 bridgehead atoms. The summed E-state index contributed by atoms with van der Waals surface area (Å²) in [5.41, 5.74) is 3.10. The molecule has 0 amide bonds. The van der Waals surface area contributed by atoms with Gasteiger partial charge in [-0.2, -0.15) is 0 Å². The zero-order valence-corrected chi connectivity index (χ0v) is 10.1. The topological polar surface area (TPSA) is 75.9 Å². The van der Waals surface area contributed by atoms with Gasteiger partial charge in [0.15, 0.2) is 11.6 Å². The molecule has 5 nitrogen and oxygen atoms in total. The summed E-state index contributed by atoms with van der Waals surface area (Å²) in [6.45, 7) is 0. The molecular formula is C10H9Cl2N5. The summed E-state index contributed by atoms with van der Waals surface area (Å²) < 4.78 is 0. The van der Waals surface area contributed by atoms with Crippen molar-refractivity contribution in [2.24, 2.45) is 5.84 Å². The highest BCUT2D eigenvalue weighted by Crippen LogP contribution is 2.27. The summed E-state index contributed by atoms with van der Waals surface area (Å²) in [5, 5.41) is 4.09. The van der Waals surface area contributed by atoms with Crippen LogP contribution >= 0.6 is 23.2 Å². The summed E-state index contributed by atoms with van der Waals surface area (Å²) in [4.78, 5) is 8.11. The number of rotatable bonds is 3. The number of anilines is 3. The predicted octanol–water partition coefficient (Wildman–Crippen LogP) is 2.81. The second-order valence-corrected chi connectivity index (χ2v) is 4.03. The fourth-order valence-electron chi connectivity index (χ4n) is 1.22. The number of hydrogen-bond acceptors (Lipinski definition) is 5. The molecule has 0 radical (unpaired) electrons. The van der Waals surface area contributed by atoms with Crippen LogP contribution in [-0.4, -0.2) is 9.97 Å². The molecule has 2 rings (SSSR count). The standard InChI is InChI=1S/C10H9Cl2N5/c11-6-1-2-8(7(12)3-6)15-9-4-14-5-10(16-9)17-13/h1-5H,13H2,(H2,15,16,17). The van der Waals surface area contributed by atoms with Crippen molar-refractivity contribution in [1.82, 2.24) is 9.97 Å². The first-order valence-corrected chi connectivity index (χ1v) is 5.45. The fourth-order valence-corrected chi connectivity index (χ4v) is 1.68. The summed E-state index contributed by atoms with van der Waals surface area (Å²) in [7, 11) is 0. The van der Waals surface area contributed by atoms with Crippen LogP contribution in [0, 0.1) is 0 Å². The van der Waals surface area contributed by atoms with Crippen LogP contribution in [0.15, 0.2) is 30.6 Å². The van der Waals surface area contributed by atoms with Crippen molar-refractivity contribution < 1.29 is 0 Å². The van der Waals surface area contributed by atoms with Crippen LogP contribution < -0.4 is 16.6 Å². The molecule has 17 heavy (non-hydrogen) atoms. The molecule has 0 fully saturated rings. The molecule has 0 spiro atoms. The van der Waals surface area contributed by atoms with Crippen molar-refractivity contribution in [2.45, 2.75) is 0 Å². The molecule has 0 atom stereocenters. The van der Waals surface area contributed by atoms with Crippen LogP contribution in [-0.2, 0) is 0 Å². The van der Waals surface area contributed by atoms with Crippen molar-refractivity contribution in [1.29, 1.82) is 0 Å².